The normalized spacial score (nSPS) is 28.1. The van der Waals surface area contributed by atoms with Gasteiger partial charge in [0.15, 0.2) is 5.76 Å². The van der Waals surface area contributed by atoms with Crippen molar-refractivity contribution in [2.24, 2.45) is 10.8 Å². The van der Waals surface area contributed by atoms with Gasteiger partial charge in [-0.25, -0.2) is 4.79 Å². The minimum atomic E-state index is -0.763. The SMILES string of the molecule is Cc1ccccc1[C@@H](C)OC(=O)Nc1c(C)noc1-c1ccc(C23CC24CC4(CC(=O)O)CO3)cc1. The molecular formula is C28H28N2O6. The van der Waals surface area contributed by atoms with E-state index >= 15 is 0 Å². The van der Waals surface area contributed by atoms with Gasteiger partial charge in [0.05, 0.1) is 13.0 Å². The van der Waals surface area contributed by atoms with Crippen LogP contribution in [0, 0.1) is 24.7 Å². The quantitative estimate of drug-likeness (QED) is 0.436. The summed E-state index contributed by atoms with van der Waals surface area (Å²) in [5, 5.41) is 16.2. The molecule has 2 saturated carbocycles. The van der Waals surface area contributed by atoms with Gasteiger partial charge in [0.25, 0.3) is 0 Å². The van der Waals surface area contributed by atoms with Gasteiger partial charge in [-0.3, -0.25) is 10.1 Å². The van der Waals surface area contributed by atoms with Crippen molar-refractivity contribution in [2.45, 2.75) is 51.7 Å². The number of aliphatic carboxylic acids is 1. The maximum Gasteiger partial charge on any atom is 0.412 e. The summed E-state index contributed by atoms with van der Waals surface area (Å²) < 4.78 is 17.4. The number of carboxylic acids is 1. The number of amides is 1. The molecule has 2 N–H and O–H groups in total. The molecule has 3 aromatic rings. The first-order valence-corrected chi connectivity index (χ1v) is 12.2. The number of ether oxygens (including phenoxy) is 2. The standard InChI is InChI=1S/C28H28N2O6/c1-16-6-4-5-7-21(16)18(3)35-25(33)29-23-17(2)30-36-24(23)19-8-10-20(11-9-19)28-14-27(28)13-26(27,15-34-28)12-22(31)32/h4-11,18H,12-15H2,1-3H3,(H,29,33)(H,31,32)/t18-,26?,27?,28?/m1/s1. The van der Waals surface area contributed by atoms with E-state index in [4.69, 9.17) is 14.0 Å². The summed E-state index contributed by atoms with van der Waals surface area (Å²) in [6, 6.07) is 15.6. The number of aryl methyl sites for hydroxylation is 2. The molecule has 4 atom stereocenters. The Kier molecular flexibility index (Phi) is 4.86. The largest absolute Gasteiger partial charge is 0.481 e. The number of carbonyl (C=O) groups is 2. The van der Waals surface area contributed by atoms with E-state index in [1.165, 1.54) is 0 Å². The Hall–Kier alpha value is -3.65. The summed E-state index contributed by atoms with van der Waals surface area (Å²) in [5.74, 6) is -0.317. The first-order valence-electron chi connectivity index (χ1n) is 12.2. The molecule has 1 amide bonds. The molecule has 1 saturated heterocycles. The maximum absolute atomic E-state index is 12.7. The second-order valence-corrected chi connectivity index (χ2v) is 10.5. The minimum absolute atomic E-state index is 0.0347. The number of benzene rings is 2. The molecule has 8 nitrogen and oxygen atoms in total. The molecule has 2 aromatic carbocycles. The zero-order chi connectivity index (χ0) is 25.3. The van der Waals surface area contributed by atoms with Crippen LogP contribution in [0.5, 0.6) is 0 Å². The van der Waals surface area contributed by atoms with E-state index in [9.17, 15) is 14.7 Å². The van der Waals surface area contributed by atoms with E-state index < -0.39 is 18.2 Å². The van der Waals surface area contributed by atoms with E-state index in [0.717, 1.165) is 35.1 Å². The van der Waals surface area contributed by atoms with Crippen LogP contribution in [-0.4, -0.2) is 28.9 Å². The Morgan fingerprint density at radius 1 is 1.14 bits per heavy atom. The molecule has 0 bridgehead atoms. The monoisotopic (exact) mass is 488 g/mol. The van der Waals surface area contributed by atoms with E-state index in [1.54, 1.807) is 6.92 Å². The first kappa shape index (κ1) is 22.8. The number of carboxylic acid groups (broad SMARTS) is 1. The average Bonchev–Trinajstić information content (AvgIpc) is 3.62. The Labute approximate surface area is 208 Å². The Bertz CT molecular complexity index is 1370. The van der Waals surface area contributed by atoms with Crippen molar-refractivity contribution in [3.63, 3.8) is 0 Å². The number of anilines is 1. The number of aromatic nitrogens is 1. The lowest BCUT2D eigenvalue weighted by Gasteiger charge is -2.17. The van der Waals surface area contributed by atoms with Crippen LogP contribution in [0.2, 0.25) is 0 Å². The van der Waals surface area contributed by atoms with Crippen LogP contribution in [0.4, 0.5) is 10.5 Å². The van der Waals surface area contributed by atoms with Crippen molar-refractivity contribution in [3.8, 4) is 11.3 Å². The zero-order valence-corrected chi connectivity index (χ0v) is 20.5. The highest BCUT2D eigenvalue weighted by Gasteiger charge is 2.92. The van der Waals surface area contributed by atoms with Crippen LogP contribution in [0.15, 0.2) is 53.1 Å². The molecule has 3 unspecified atom stereocenters. The van der Waals surface area contributed by atoms with Crippen molar-refractivity contribution in [1.82, 2.24) is 5.16 Å². The van der Waals surface area contributed by atoms with Gasteiger partial charge < -0.3 is 19.1 Å². The lowest BCUT2D eigenvalue weighted by Crippen LogP contribution is -2.17. The van der Waals surface area contributed by atoms with Gasteiger partial charge in [-0.1, -0.05) is 53.7 Å². The Morgan fingerprint density at radius 2 is 1.89 bits per heavy atom. The molecule has 6 rings (SSSR count). The van der Waals surface area contributed by atoms with E-state index in [1.807, 2.05) is 62.4 Å². The van der Waals surface area contributed by atoms with Crippen molar-refractivity contribution in [1.29, 1.82) is 0 Å². The minimum Gasteiger partial charge on any atom is -0.481 e. The van der Waals surface area contributed by atoms with Crippen LogP contribution in [0.25, 0.3) is 11.3 Å². The molecule has 36 heavy (non-hydrogen) atoms. The molecule has 0 radical (unpaired) electrons. The molecular weight excluding hydrogens is 460 g/mol. The van der Waals surface area contributed by atoms with Crippen molar-refractivity contribution >= 4 is 17.7 Å². The third kappa shape index (κ3) is 3.20. The summed E-state index contributed by atoms with van der Waals surface area (Å²) in [6.07, 6.45) is 0.939. The smallest absolute Gasteiger partial charge is 0.412 e. The third-order valence-corrected chi connectivity index (χ3v) is 8.43. The summed E-state index contributed by atoms with van der Waals surface area (Å²) in [6.45, 7) is 6.08. The van der Waals surface area contributed by atoms with Crippen LogP contribution in [0.3, 0.4) is 0 Å². The number of hydrogen-bond acceptors (Lipinski definition) is 6. The summed E-state index contributed by atoms with van der Waals surface area (Å²) >= 11 is 0. The average molecular weight is 489 g/mol. The molecule has 3 fully saturated rings. The second kappa shape index (κ2) is 7.67. The molecule has 1 spiro atoms. The molecule has 2 aliphatic carbocycles. The van der Waals surface area contributed by atoms with Gasteiger partial charge >= 0.3 is 12.1 Å². The van der Waals surface area contributed by atoms with Gasteiger partial charge in [0.1, 0.15) is 23.1 Å². The number of nitrogens with one attached hydrogen (secondary N) is 1. The van der Waals surface area contributed by atoms with Crippen LogP contribution < -0.4 is 5.32 Å². The summed E-state index contributed by atoms with van der Waals surface area (Å²) in [7, 11) is 0. The van der Waals surface area contributed by atoms with Gasteiger partial charge in [0, 0.05) is 16.4 Å². The number of nitrogens with zero attached hydrogens (tertiary/aromatic N) is 1. The van der Waals surface area contributed by atoms with Crippen LogP contribution in [0.1, 0.15) is 54.7 Å². The fourth-order valence-electron chi connectivity index (χ4n) is 6.41. The molecule has 1 aromatic heterocycles. The zero-order valence-electron chi connectivity index (χ0n) is 20.5. The highest BCUT2D eigenvalue weighted by molar-refractivity contribution is 5.90. The Balaban J connectivity index is 1.18. The van der Waals surface area contributed by atoms with Crippen molar-refractivity contribution in [2.75, 3.05) is 11.9 Å². The molecule has 1 aliphatic heterocycles. The van der Waals surface area contributed by atoms with Gasteiger partial charge in [-0.15, -0.1) is 0 Å². The lowest BCUT2D eigenvalue weighted by molar-refractivity contribution is -0.139. The van der Waals surface area contributed by atoms with Crippen molar-refractivity contribution < 1.29 is 28.7 Å². The molecule has 186 valence electrons. The second-order valence-electron chi connectivity index (χ2n) is 10.5. The van der Waals surface area contributed by atoms with E-state index in [0.29, 0.717) is 23.7 Å². The predicted octanol–water partition coefficient (Wildman–Crippen LogP) is 5.75. The molecule has 3 aliphatic rings. The van der Waals surface area contributed by atoms with Gasteiger partial charge in [0.2, 0.25) is 0 Å². The maximum atomic E-state index is 12.7. The predicted molar refractivity (Wildman–Crippen MR) is 130 cm³/mol. The summed E-state index contributed by atoms with van der Waals surface area (Å²) in [5.41, 5.74) is 4.19. The first-order chi connectivity index (χ1) is 17.2. The third-order valence-electron chi connectivity index (χ3n) is 8.43. The van der Waals surface area contributed by atoms with E-state index in [-0.39, 0.29) is 22.9 Å². The van der Waals surface area contributed by atoms with E-state index in [2.05, 4.69) is 10.5 Å². The van der Waals surface area contributed by atoms with Gasteiger partial charge in [-0.05, 0) is 50.3 Å². The van der Waals surface area contributed by atoms with Crippen LogP contribution >= 0.6 is 0 Å². The number of carbonyl (C=O) groups excluding carboxylic acids is 1. The fourth-order valence-corrected chi connectivity index (χ4v) is 6.41. The number of hydrogen-bond donors (Lipinski definition) is 2. The Morgan fingerprint density at radius 3 is 2.56 bits per heavy atom. The number of rotatable bonds is 7. The lowest BCUT2D eigenvalue weighted by atomic mass is 9.97. The summed E-state index contributed by atoms with van der Waals surface area (Å²) in [4.78, 5) is 24.0. The topological polar surface area (TPSA) is 111 Å². The molecule has 8 heteroatoms. The van der Waals surface area contributed by atoms with Gasteiger partial charge in [-0.2, -0.15) is 0 Å². The van der Waals surface area contributed by atoms with Crippen LogP contribution in [-0.2, 0) is 19.9 Å². The highest BCUT2D eigenvalue weighted by atomic mass is 16.6. The van der Waals surface area contributed by atoms with Crippen molar-refractivity contribution in [3.05, 3.63) is 70.9 Å². The molecule has 2 heterocycles. The fraction of sp³-hybridized carbons (Fsp3) is 0.393. The highest BCUT2D eigenvalue weighted by Crippen LogP contribution is 2.92.